The van der Waals surface area contributed by atoms with Gasteiger partial charge < -0.3 is 14.8 Å². The van der Waals surface area contributed by atoms with Gasteiger partial charge in [0.25, 0.3) is 0 Å². The summed E-state index contributed by atoms with van der Waals surface area (Å²) in [6.45, 7) is 2.76. The summed E-state index contributed by atoms with van der Waals surface area (Å²) in [5.41, 5.74) is 2.71. The van der Waals surface area contributed by atoms with Crippen LogP contribution in [0.15, 0.2) is 84.4 Å². The highest BCUT2D eigenvalue weighted by Gasteiger charge is 2.30. The third-order valence-electron chi connectivity index (χ3n) is 5.72. The number of halogens is 2. The molecular formula is C28H27F2NO3. The summed E-state index contributed by atoms with van der Waals surface area (Å²) < 4.78 is 38.2. The van der Waals surface area contributed by atoms with Crippen molar-refractivity contribution in [3.8, 4) is 5.75 Å². The van der Waals surface area contributed by atoms with Crippen molar-refractivity contribution < 1.29 is 23.0 Å². The molecule has 1 aliphatic heterocycles. The molecule has 1 heterocycles. The largest absolute Gasteiger partial charge is 0.494 e. The number of hydrogen-bond acceptors (Lipinski definition) is 4. The Balaban J connectivity index is 1.59. The van der Waals surface area contributed by atoms with Crippen LogP contribution >= 0.6 is 0 Å². The number of nitrogens with one attached hydrogen (secondary N) is 1. The van der Waals surface area contributed by atoms with E-state index in [1.807, 2.05) is 30.3 Å². The molecule has 176 valence electrons. The summed E-state index contributed by atoms with van der Waals surface area (Å²) >= 11 is 0. The predicted octanol–water partition coefficient (Wildman–Crippen LogP) is 6.91. The Labute approximate surface area is 198 Å². The molecule has 4 nitrogen and oxygen atoms in total. The van der Waals surface area contributed by atoms with E-state index in [0.29, 0.717) is 24.3 Å². The molecule has 34 heavy (non-hydrogen) atoms. The zero-order valence-electron chi connectivity index (χ0n) is 19.0. The molecule has 0 amide bonds. The van der Waals surface area contributed by atoms with E-state index in [-0.39, 0.29) is 11.6 Å². The van der Waals surface area contributed by atoms with Crippen molar-refractivity contribution >= 4 is 11.7 Å². The maximum Gasteiger partial charge on any atom is 0.336 e. The molecule has 0 unspecified atom stereocenters. The fraction of sp³-hybridized carbons (Fsp3) is 0.250. The molecular weight excluding hydrogens is 436 g/mol. The molecule has 0 saturated carbocycles. The molecule has 0 saturated heterocycles. The van der Waals surface area contributed by atoms with Crippen molar-refractivity contribution in [2.24, 2.45) is 0 Å². The Hall–Kier alpha value is -3.67. The van der Waals surface area contributed by atoms with Crippen molar-refractivity contribution in [2.75, 3.05) is 11.9 Å². The zero-order chi connectivity index (χ0) is 23.9. The smallest absolute Gasteiger partial charge is 0.336 e. The van der Waals surface area contributed by atoms with Crippen LogP contribution in [0.25, 0.3) is 0 Å². The van der Waals surface area contributed by atoms with E-state index in [1.54, 1.807) is 24.3 Å². The van der Waals surface area contributed by atoms with Crippen LogP contribution in [-0.4, -0.2) is 12.6 Å². The van der Waals surface area contributed by atoms with Crippen molar-refractivity contribution in [2.45, 2.75) is 38.3 Å². The molecule has 0 aromatic heterocycles. The van der Waals surface area contributed by atoms with Gasteiger partial charge in [-0.15, -0.1) is 0 Å². The van der Waals surface area contributed by atoms with Gasteiger partial charge in [0.2, 0.25) is 0 Å². The third kappa shape index (κ3) is 5.81. The lowest BCUT2D eigenvalue weighted by atomic mass is 9.93. The fourth-order valence-electron chi connectivity index (χ4n) is 3.82. The summed E-state index contributed by atoms with van der Waals surface area (Å²) in [6.07, 6.45) is 3.87. The van der Waals surface area contributed by atoms with Crippen molar-refractivity contribution in [1.29, 1.82) is 0 Å². The predicted molar refractivity (Wildman–Crippen MR) is 128 cm³/mol. The summed E-state index contributed by atoms with van der Waals surface area (Å²) in [5, 5.41) is 3.33. The Morgan fingerprint density at radius 2 is 1.62 bits per heavy atom. The van der Waals surface area contributed by atoms with Crippen molar-refractivity contribution in [3.63, 3.8) is 0 Å². The highest BCUT2D eigenvalue weighted by molar-refractivity contribution is 5.92. The van der Waals surface area contributed by atoms with Gasteiger partial charge in [0.1, 0.15) is 23.5 Å². The minimum atomic E-state index is -0.503. The van der Waals surface area contributed by atoms with E-state index >= 15 is 0 Å². The fourth-order valence-corrected chi connectivity index (χ4v) is 3.82. The molecule has 3 aromatic rings. The second kappa shape index (κ2) is 11.0. The standard InChI is InChI=1S/C28H27F2NO3/c1-2-3-18-33-24-14-6-20(7-15-24)27(31-23-12-10-22(30)11-13-23)25-16-17-26(34-28(25)32)19-4-8-21(29)9-5-19/h4-16,26-27,31H,2-3,17-18H2,1H3/t26-,27-/m1/s1. The lowest BCUT2D eigenvalue weighted by Gasteiger charge is -2.28. The zero-order valence-corrected chi connectivity index (χ0v) is 19.0. The lowest BCUT2D eigenvalue weighted by molar-refractivity contribution is -0.146. The van der Waals surface area contributed by atoms with Gasteiger partial charge in [-0.2, -0.15) is 0 Å². The molecule has 1 N–H and O–H groups in total. The first kappa shape index (κ1) is 23.5. The maximum atomic E-state index is 13.4. The monoisotopic (exact) mass is 463 g/mol. The van der Waals surface area contributed by atoms with Gasteiger partial charge in [0, 0.05) is 12.1 Å². The minimum Gasteiger partial charge on any atom is -0.494 e. The average Bonchev–Trinajstić information content (AvgIpc) is 2.85. The second-order valence-corrected chi connectivity index (χ2v) is 8.20. The Kier molecular flexibility index (Phi) is 7.58. The number of hydrogen-bond donors (Lipinski definition) is 1. The Morgan fingerprint density at radius 1 is 0.971 bits per heavy atom. The van der Waals surface area contributed by atoms with E-state index < -0.39 is 18.1 Å². The van der Waals surface area contributed by atoms with Crippen LogP contribution in [0.4, 0.5) is 14.5 Å². The van der Waals surface area contributed by atoms with E-state index in [4.69, 9.17) is 9.47 Å². The average molecular weight is 464 g/mol. The number of carbonyl (C=O) groups excluding carboxylic acids is 1. The SMILES string of the molecule is CCCCOc1ccc([C@@H](Nc2ccc(F)cc2)C2=CC[C@H](c3ccc(F)cc3)OC2=O)cc1. The summed E-state index contributed by atoms with van der Waals surface area (Å²) in [5.74, 6) is -0.375. The van der Waals surface area contributed by atoms with Crippen LogP contribution in [-0.2, 0) is 9.53 Å². The molecule has 0 fully saturated rings. The number of unbranched alkanes of at least 4 members (excludes halogenated alkanes) is 1. The van der Waals surface area contributed by atoms with Gasteiger partial charge in [-0.3, -0.25) is 0 Å². The summed E-state index contributed by atoms with van der Waals surface area (Å²) in [4.78, 5) is 13.1. The highest BCUT2D eigenvalue weighted by Crippen LogP contribution is 2.35. The topological polar surface area (TPSA) is 47.6 Å². The van der Waals surface area contributed by atoms with Crippen molar-refractivity contribution in [3.05, 3.63) is 107 Å². The van der Waals surface area contributed by atoms with Crippen molar-refractivity contribution in [1.82, 2.24) is 0 Å². The van der Waals surface area contributed by atoms with Gasteiger partial charge in [-0.1, -0.05) is 43.7 Å². The van der Waals surface area contributed by atoms with Gasteiger partial charge in [0.15, 0.2) is 0 Å². The number of carbonyl (C=O) groups is 1. The quantitative estimate of drug-likeness (QED) is 0.277. The summed E-state index contributed by atoms with van der Waals surface area (Å²) in [6, 6.07) is 19.0. The molecule has 0 spiro atoms. The van der Waals surface area contributed by atoms with Crippen LogP contribution in [0.5, 0.6) is 5.75 Å². The number of rotatable bonds is 9. The third-order valence-corrected chi connectivity index (χ3v) is 5.72. The minimum absolute atomic E-state index is 0.339. The number of benzene rings is 3. The normalized spacial score (nSPS) is 16.4. The number of ether oxygens (including phenoxy) is 2. The van der Waals surface area contributed by atoms with E-state index in [2.05, 4.69) is 12.2 Å². The lowest BCUT2D eigenvalue weighted by Crippen LogP contribution is -2.25. The molecule has 3 aromatic carbocycles. The number of cyclic esters (lactones) is 1. The first-order chi connectivity index (χ1) is 16.5. The molecule has 0 radical (unpaired) electrons. The summed E-state index contributed by atoms with van der Waals surface area (Å²) in [7, 11) is 0. The molecule has 0 bridgehead atoms. The van der Waals surface area contributed by atoms with Gasteiger partial charge in [0.05, 0.1) is 18.2 Å². The van der Waals surface area contributed by atoms with Crippen LogP contribution in [0.2, 0.25) is 0 Å². The van der Waals surface area contributed by atoms with E-state index in [1.165, 1.54) is 24.3 Å². The molecule has 4 rings (SSSR count). The van der Waals surface area contributed by atoms with Gasteiger partial charge in [-0.05, 0) is 66.1 Å². The van der Waals surface area contributed by atoms with Crippen LogP contribution < -0.4 is 10.1 Å². The second-order valence-electron chi connectivity index (χ2n) is 8.20. The van der Waals surface area contributed by atoms with Crippen LogP contribution in [0.1, 0.15) is 49.5 Å². The maximum absolute atomic E-state index is 13.4. The van der Waals surface area contributed by atoms with Crippen LogP contribution in [0.3, 0.4) is 0 Å². The highest BCUT2D eigenvalue weighted by atomic mass is 19.1. The van der Waals surface area contributed by atoms with Crippen LogP contribution in [0, 0.1) is 11.6 Å². The molecule has 0 aliphatic carbocycles. The van der Waals surface area contributed by atoms with E-state index in [0.717, 1.165) is 29.7 Å². The van der Waals surface area contributed by atoms with Gasteiger partial charge >= 0.3 is 5.97 Å². The Morgan fingerprint density at radius 3 is 2.24 bits per heavy atom. The number of esters is 1. The first-order valence-electron chi connectivity index (χ1n) is 11.4. The molecule has 1 aliphatic rings. The van der Waals surface area contributed by atoms with Gasteiger partial charge in [-0.25, -0.2) is 13.6 Å². The number of anilines is 1. The van der Waals surface area contributed by atoms with E-state index in [9.17, 15) is 13.6 Å². The molecule has 2 atom stereocenters. The first-order valence-corrected chi connectivity index (χ1v) is 11.4. The molecule has 6 heteroatoms. The Bertz CT molecular complexity index is 1130.